The van der Waals surface area contributed by atoms with Crippen LogP contribution >= 0.6 is 0 Å². The number of amides is 1. The number of hydrogen-bond acceptors (Lipinski definition) is 4. The van der Waals surface area contributed by atoms with Gasteiger partial charge in [0.25, 0.3) is 0 Å². The Labute approximate surface area is 200 Å². The molecule has 1 saturated heterocycles. The molecule has 3 aromatic rings. The van der Waals surface area contributed by atoms with Gasteiger partial charge < -0.3 is 5.32 Å². The van der Waals surface area contributed by atoms with Gasteiger partial charge in [-0.1, -0.05) is 36.4 Å². The second-order valence-electron chi connectivity index (χ2n) is 8.57. The number of carbonyl (C=O) groups is 1. The van der Waals surface area contributed by atoms with Gasteiger partial charge in [-0.3, -0.25) is 9.69 Å². The van der Waals surface area contributed by atoms with Crippen LogP contribution in [0.3, 0.4) is 0 Å². The molecule has 1 heterocycles. The summed E-state index contributed by atoms with van der Waals surface area (Å²) < 4.78 is 40.6. The third kappa shape index (κ3) is 5.35. The molecule has 1 N–H and O–H groups in total. The molecule has 34 heavy (non-hydrogen) atoms. The summed E-state index contributed by atoms with van der Waals surface area (Å²) in [6, 6.07) is 19.7. The standard InChI is InChI=1S/C26H28FN3O3S/c1-19-16-20(2)18-23(17-19)28-26(31)25(21-6-4-3-5-7-21)29-12-14-30(15-13-29)34(32,33)24-10-8-22(27)9-11-24/h3-11,16-18,25H,12-15H2,1-2H3,(H,28,31). The molecule has 0 aliphatic carbocycles. The van der Waals surface area contributed by atoms with Crippen molar-refractivity contribution in [3.63, 3.8) is 0 Å². The summed E-state index contributed by atoms with van der Waals surface area (Å²) in [5.41, 5.74) is 3.71. The van der Waals surface area contributed by atoms with Crippen molar-refractivity contribution in [2.75, 3.05) is 31.5 Å². The Hall–Kier alpha value is -3.07. The normalized spacial score (nSPS) is 16.2. The van der Waals surface area contributed by atoms with Crippen LogP contribution in [0.15, 0.2) is 77.7 Å². The second kappa shape index (κ2) is 10.0. The molecule has 1 aliphatic rings. The fourth-order valence-corrected chi connectivity index (χ4v) is 5.80. The van der Waals surface area contributed by atoms with Gasteiger partial charge in [-0.2, -0.15) is 4.31 Å². The smallest absolute Gasteiger partial charge is 0.246 e. The van der Waals surface area contributed by atoms with Gasteiger partial charge in [0.2, 0.25) is 15.9 Å². The van der Waals surface area contributed by atoms with E-state index in [1.807, 2.05) is 67.3 Å². The van der Waals surface area contributed by atoms with Crippen LogP contribution in [0.2, 0.25) is 0 Å². The quantitative estimate of drug-likeness (QED) is 0.575. The third-order valence-corrected chi connectivity index (χ3v) is 7.86. The van der Waals surface area contributed by atoms with Crippen LogP contribution in [-0.4, -0.2) is 49.7 Å². The average Bonchev–Trinajstić information content (AvgIpc) is 2.80. The van der Waals surface area contributed by atoms with Gasteiger partial charge in [0.1, 0.15) is 11.9 Å². The zero-order chi connectivity index (χ0) is 24.3. The summed E-state index contributed by atoms with van der Waals surface area (Å²) in [6.45, 7) is 5.22. The number of hydrogen-bond donors (Lipinski definition) is 1. The van der Waals surface area contributed by atoms with Crippen LogP contribution in [0.4, 0.5) is 10.1 Å². The third-order valence-electron chi connectivity index (χ3n) is 5.94. The summed E-state index contributed by atoms with van der Waals surface area (Å²) in [5.74, 6) is -0.643. The van der Waals surface area contributed by atoms with E-state index in [1.54, 1.807) is 0 Å². The molecule has 0 radical (unpaired) electrons. The summed E-state index contributed by atoms with van der Waals surface area (Å²) in [6.07, 6.45) is 0. The SMILES string of the molecule is Cc1cc(C)cc(NC(=O)C(c2ccccc2)N2CCN(S(=O)(=O)c3ccc(F)cc3)CC2)c1. The molecule has 1 fully saturated rings. The average molecular weight is 482 g/mol. The molecule has 0 bridgehead atoms. The van der Waals surface area contributed by atoms with E-state index in [0.29, 0.717) is 13.1 Å². The Bertz CT molecular complexity index is 1240. The first-order chi connectivity index (χ1) is 16.2. The Balaban J connectivity index is 1.53. The van der Waals surface area contributed by atoms with Gasteiger partial charge in [0.05, 0.1) is 4.90 Å². The minimum Gasteiger partial charge on any atom is -0.324 e. The summed E-state index contributed by atoms with van der Waals surface area (Å²) in [4.78, 5) is 15.5. The van der Waals surface area contributed by atoms with E-state index >= 15 is 0 Å². The van der Waals surface area contributed by atoms with Gasteiger partial charge in [0.15, 0.2) is 0 Å². The number of benzene rings is 3. The maximum absolute atomic E-state index is 13.4. The Morgan fingerprint density at radius 3 is 2.06 bits per heavy atom. The van der Waals surface area contributed by atoms with Crippen molar-refractivity contribution < 1.29 is 17.6 Å². The van der Waals surface area contributed by atoms with Gasteiger partial charge in [-0.25, -0.2) is 12.8 Å². The van der Waals surface area contributed by atoms with E-state index in [1.165, 1.54) is 16.4 Å². The largest absolute Gasteiger partial charge is 0.324 e. The fraction of sp³-hybridized carbons (Fsp3) is 0.269. The number of piperazine rings is 1. The number of carbonyl (C=O) groups excluding carboxylic acids is 1. The Kier molecular flexibility index (Phi) is 7.11. The lowest BCUT2D eigenvalue weighted by molar-refractivity contribution is -0.122. The van der Waals surface area contributed by atoms with Crippen LogP contribution in [-0.2, 0) is 14.8 Å². The molecule has 6 nitrogen and oxygen atoms in total. The highest BCUT2D eigenvalue weighted by Crippen LogP contribution is 2.27. The molecule has 0 spiro atoms. The molecule has 8 heteroatoms. The van der Waals surface area contributed by atoms with Gasteiger partial charge in [0, 0.05) is 31.9 Å². The minimum atomic E-state index is -3.73. The number of sulfonamides is 1. The van der Waals surface area contributed by atoms with Gasteiger partial charge in [-0.05, 0) is 66.9 Å². The summed E-state index contributed by atoms with van der Waals surface area (Å²) in [7, 11) is -3.73. The molecule has 1 atom stereocenters. The number of nitrogens with one attached hydrogen (secondary N) is 1. The molecule has 4 rings (SSSR count). The van der Waals surface area contributed by atoms with E-state index in [4.69, 9.17) is 0 Å². The lowest BCUT2D eigenvalue weighted by Gasteiger charge is -2.38. The molecule has 1 unspecified atom stereocenters. The number of aryl methyl sites for hydroxylation is 2. The molecule has 0 saturated carbocycles. The maximum Gasteiger partial charge on any atom is 0.246 e. The van der Waals surface area contributed by atoms with Crippen molar-refractivity contribution in [1.29, 1.82) is 0 Å². The van der Waals surface area contributed by atoms with Crippen molar-refractivity contribution in [2.24, 2.45) is 0 Å². The molecule has 178 valence electrons. The van der Waals surface area contributed by atoms with Crippen molar-refractivity contribution >= 4 is 21.6 Å². The first kappa shape index (κ1) is 24.1. The topological polar surface area (TPSA) is 69.7 Å². The van der Waals surface area contributed by atoms with Crippen LogP contribution < -0.4 is 5.32 Å². The Morgan fingerprint density at radius 2 is 1.47 bits per heavy atom. The van der Waals surface area contributed by atoms with Gasteiger partial charge >= 0.3 is 0 Å². The first-order valence-corrected chi connectivity index (χ1v) is 12.6. The van der Waals surface area contributed by atoms with E-state index in [2.05, 4.69) is 5.32 Å². The minimum absolute atomic E-state index is 0.0644. The lowest BCUT2D eigenvalue weighted by atomic mass is 10.0. The van der Waals surface area contributed by atoms with Crippen LogP contribution in [0.1, 0.15) is 22.7 Å². The van der Waals surface area contributed by atoms with Crippen LogP contribution in [0.25, 0.3) is 0 Å². The molecular formula is C26H28FN3O3S. The predicted octanol–water partition coefficient (Wildman–Crippen LogP) is 4.13. The molecule has 3 aromatic carbocycles. The molecule has 1 amide bonds. The first-order valence-electron chi connectivity index (χ1n) is 11.2. The highest BCUT2D eigenvalue weighted by Gasteiger charge is 2.34. The second-order valence-corrected chi connectivity index (χ2v) is 10.5. The maximum atomic E-state index is 13.4. The molecule has 0 aromatic heterocycles. The van der Waals surface area contributed by atoms with Gasteiger partial charge in [-0.15, -0.1) is 0 Å². The zero-order valence-corrected chi connectivity index (χ0v) is 20.1. The van der Waals surface area contributed by atoms with Crippen molar-refractivity contribution in [2.45, 2.75) is 24.8 Å². The van der Waals surface area contributed by atoms with E-state index in [9.17, 15) is 17.6 Å². The highest BCUT2D eigenvalue weighted by atomic mass is 32.2. The molecule has 1 aliphatic heterocycles. The highest BCUT2D eigenvalue weighted by molar-refractivity contribution is 7.89. The zero-order valence-electron chi connectivity index (χ0n) is 19.2. The van der Waals surface area contributed by atoms with E-state index < -0.39 is 21.9 Å². The van der Waals surface area contributed by atoms with Crippen LogP contribution in [0.5, 0.6) is 0 Å². The summed E-state index contributed by atoms with van der Waals surface area (Å²) in [5, 5.41) is 3.04. The number of nitrogens with zero attached hydrogens (tertiary/aromatic N) is 2. The lowest BCUT2D eigenvalue weighted by Crippen LogP contribution is -2.51. The fourth-order valence-electron chi connectivity index (χ4n) is 4.38. The van der Waals surface area contributed by atoms with Crippen molar-refractivity contribution in [1.82, 2.24) is 9.21 Å². The number of halogens is 1. The number of rotatable bonds is 6. The molecular weight excluding hydrogens is 453 g/mol. The van der Waals surface area contributed by atoms with Crippen molar-refractivity contribution in [3.8, 4) is 0 Å². The van der Waals surface area contributed by atoms with E-state index in [-0.39, 0.29) is 23.9 Å². The predicted molar refractivity (Wildman–Crippen MR) is 130 cm³/mol. The Morgan fingerprint density at radius 1 is 0.882 bits per heavy atom. The monoisotopic (exact) mass is 481 g/mol. The van der Waals surface area contributed by atoms with Crippen molar-refractivity contribution in [3.05, 3.63) is 95.3 Å². The summed E-state index contributed by atoms with van der Waals surface area (Å²) >= 11 is 0. The van der Waals surface area contributed by atoms with Crippen LogP contribution in [0, 0.1) is 19.7 Å². The van der Waals surface area contributed by atoms with E-state index in [0.717, 1.165) is 34.5 Å². The number of anilines is 1.